The molecular formula is C24H29FN4O5S. The van der Waals surface area contributed by atoms with Crippen molar-refractivity contribution in [1.29, 1.82) is 0 Å². The Bertz CT molecular complexity index is 1360. The van der Waals surface area contributed by atoms with E-state index in [-0.39, 0.29) is 47.1 Å². The van der Waals surface area contributed by atoms with Crippen LogP contribution >= 0.6 is 0 Å². The minimum Gasteiger partial charge on any atom is -0.380 e. The van der Waals surface area contributed by atoms with Gasteiger partial charge in [-0.15, -0.1) is 0 Å². The molecule has 1 fully saturated rings. The Morgan fingerprint density at radius 1 is 1.23 bits per heavy atom. The molecule has 11 heteroatoms. The molecule has 0 bridgehead atoms. The molecule has 5 rings (SSSR count). The van der Waals surface area contributed by atoms with Gasteiger partial charge in [0.2, 0.25) is 5.91 Å². The predicted molar refractivity (Wildman–Crippen MR) is 127 cm³/mol. The smallest absolute Gasteiger partial charge is 0.253 e. The van der Waals surface area contributed by atoms with Crippen LogP contribution in [0.25, 0.3) is 5.69 Å². The average Bonchev–Trinajstić information content (AvgIpc) is 3.41. The number of fused-ring (bicyclic) bond motifs is 3. The molecule has 1 atom stereocenters. The molecule has 1 aromatic heterocycles. The van der Waals surface area contributed by atoms with Gasteiger partial charge in [0.05, 0.1) is 46.5 Å². The maximum Gasteiger partial charge on any atom is 0.253 e. The summed E-state index contributed by atoms with van der Waals surface area (Å²) in [7, 11) is -3.56. The number of rotatable bonds is 4. The number of aromatic nitrogens is 1. The zero-order valence-corrected chi connectivity index (χ0v) is 20.8. The molecule has 2 aromatic rings. The lowest BCUT2D eigenvalue weighted by Gasteiger charge is -2.31. The van der Waals surface area contributed by atoms with Crippen LogP contribution in [0.15, 0.2) is 17.0 Å². The Morgan fingerprint density at radius 3 is 2.63 bits per heavy atom. The predicted octanol–water partition coefficient (Wildman–Crippen LogP) is 2.13. The second-order valence-corrected chi connectivity index (χ2v) is 12.4. The first-order valence-electron chi connectivity index (χ1n) is 11.6. The first kappa shape index (κ1) is 23.8. The van der Waals surface area contributed by atoms with Gasteiger partial charge < -0.3 is 25.3 Å². The normalized spacial score (nSPS) is 22.1. The van der Waals surface area contributed by atoms with Gasteiger partial charge in [-0.3, -0.25) is 9.59 Å². The number of sulfone groups is 1. The van der Waals surface area contributed by atoms with Gasteiger partial charge in [0, 0.05) is 37.3 Å². The highest BCUT2D eigenvalue weighted by molar-refractivity contribution is 7.91. The largest absolute Gasteiger partial charge is 0.380 e. The van der Waals surface area contributed by atoms with Crippen LogP contribution in [-0.2, 0) is 39.0 Å². The lowest BCUT2D eigenvalue weighted by molar-refractivity contribution is -0.127. The van der Waals surface area contributed by atoms with Crippen LogP contribution in [0, 0.1) is 11.2 Å². The summed E-state index contributed by atoms with van der Waals surface area (Å²) >= 11 is 0. The van der Waals surface area contributed by atoms with Gasteiger partial charge >= 0.3 is 0 Å². The van der Waals surface area contributed by atoms with Gasteiger partial charge in [-0.05, 0) is 30.4 Å². The van der Waals surface area contributed by atoms with Crippen LogP contribution < -0.4 is 11.1 Å². The highest BCUT2D eigenvalue weighted by Gasteiger charge is 2.43. The molecule has 2 amide bonds. The zero-order chi connectivity index (χ0) is 25.3. The number of amides is 2. The van der Waals surface area contributed by atoms with Gasteiger partial charge in [-0.2, -0.15) is 0 Å². The standard InChI is InChI=1S/C24H29FN4O5S/c1-13(30)28-5-4-14(9-28)27-18-7-15(6-17(25)21(18)23(26)31)29-19-8-24(2,3)12-35(32,33)22(19)16-10-34-11-20(16)29/h6-7,14,27H,4-5,8-12H2,1-3H3,(H2,26,31)/t14-/m0/s1. The van der Waals surface area contributed by atoms with Crippen molar-refractivity contribution in [2.45, 2.75) is 57.8 Å². The molecule has 0 saturated carbocycles. The van der Waals surface area contributed by atoms with Crippen molar-refractivity contribution in [3.05, 3.63) is 40.5 Å². The molecule has 0 radical (unpaired) electrons. The molecule has 1 aromatic carbocycles. The molecule has 0 unspecified atom stereocenters. The first-order chi connectivity index (χ1) is 16.4. The SMILES string of the molecule is CC(=O)N1CC[C@H](Nc2cc(-n3c4c(c5c3CC(C)(C)CS5(=O)=O)COC4)cc(F)c2C(N)=O)C1. The zero-order valence-electron chi connectivity index (χ0n) is 20.0. The Labute approximate surface area is 203 Å². The van der Waals surface area contributed by atoms with Crippen molar-refractivity contribution in [3.63, 3.8) is 0 Å². The Balaban J connectivity index is 1.66. The highest BCUT2D eigenvalue weighted by Crippen LogP contribution is 2.44. The number of ether oxygens (including phenoxy) is 1. The number of nitrogens with one attached hydrogen (secondary N) is 1. The molecule has 0 aliphatic carbocycles. The number of nitrogens with zero attached hydrogens (tertiary/aromatic N) is 2. The van der Waals surface area contributed by atoms with Gasteiger partial charge in [-0.25, -0.2) is 12.8 Å². The Kier molecular flexibility index (Phi) is 5.48. The summed E-state index contributed by atoms with van der Waals surface area (Å²) in [4.78, 5) is 25.8. The van der Waals surface area contributed by atoms with E-state index >= 15 is 4.39 Å². The van der Waals surface area contributed by atoms with Gasteiger partial charge in [0.1, 0.15) is 5.82 Å². The highest BCUT2D eigenvalue weighted by atomic mass is 32.2. The molecule has 35 heavy (non-hydrogen) atoms. The van der Waals surface area contributed by atoms with Crippen LogP contribution in [0.3, 0.4) is 0 Å². The average molecular weight is 505 g/mol. The van der Waals surface area contributed by atoms with Crippen LogP contribution in [0.2, 0.25) is 0 Å². The topological polar surface area (TPSA) is 124 Å². The third-order valence-corrected chi connectivity index (χ3v) is 9.29. The lowest BCUT2D eigenvalue weighted by Crippen LogP contribution is -2.33. The number of carbonyl (C=O) groups excluding carboxylic acids is 2. The summed E-state index contributed by atoms with van der Waals surface area (Å²) in [5, 5.41) is 3.20. The number of nitrogens with two attached hydrogens (primary N) is 1. The lowest BCUT2D eigenvalue weighted by atomic mass is 9.89. The third-order valence-electron chi connectivity index (χ3n) is 7.02. The van der Waals surface area contributed by atoms with E-state index in [1.165, 1.54) is 13.0 Å². The van der Waals surface area contributed by atoms with Crippen molar-refractivity contribution in [3.8, 4) is 5.69 Å². The minimum atomic E-state index is -3.56. The number of halogens is 1. The Hall–Kier alpha value is -2.92. The summed E-state index contributed by atoms with van der Waals surface area (Å²) < 4.78 is 49.2. The quantitative estimate of drug-likeness (QED) is 0.658. The number of benzene rings is 1. The number of anilines is 1. The van der Waals surface area contributed by atoms with E-state index in [0.29, 0.717) is 48.6 Å². The van der Waals surface area contributed by atoms with Crippen LogP contribution in [0.1, 0.15) is 54.5 Å². The van der Waals surface area contributed by atoms with E-state index in [2.05, 4.69) is 5.32 Å². The summed E-state index contributed by atoms with van der Waals surface area (Å²) in [6.07, 6.45) is 1.13. The third kappa shape index (κ3) is 4.00. The van der Waals surface area contributed by atoms with Crippen LogP contribution in [0.5, 0.6) is 0 Å². The fraction of sp³-hybridized carbons (Fsp3) is 0.500. The number of hydrogen-bond donors (Lipinski definition) is 2. The minimum absolute atomic E-state index is 0.0273. The summed E-state index contributed by atoms with van der Waals surface area (Å²) in [5.41, 5.74) is 7.27. The van der Waals surface area contributed by atoms with E-state index in [1.54, 1.807) is 15.5 Å². The number of likely N-dealkylation sites (tertiary alicyclic amines) is 1. The second kappa shape index (κ2) is 8.06. The number of primary amides is 1. The maximum absolute atomic E-state index is 15.4. The monoisotopic (exact) mass is 504 g/mol. The molecule has 4 heterocycles. The fourth-order valence-corrected chi connectivity index (χ4v) is 8.00. The molecule has 0 spiro atoms. The van der Waals surface area contributed by atoms with E-state index < -0.39 is 27.0 Å². The summed E-state index contributed by atoms with van der Waals surface area (Å²) in [6, 6.07) is 2.67. The van der Waals surface area contributed by atoms with Crippen LogP contribution in [-0.4, -0.2) is 54.6 Å². The first-order valence-corrected chi connectivity index (χ1v) is 13.2. The molecule has 188 valence electrons. The van der Waals surface area contributed by atoms with Crippen molar-refractivity contribution in [2.75, 3.05) is 24.2 Å². The molecule has 3 aliphatic heterocycles. The van der Waals surface area contributed by atoms with Gasteiger partial charge in [0.25, 0.3) is 5.91 Å². The summed E-state index contributed by atoms with van der Waals surface area (Å²) in [5.74, 6) is -1.74. The molecule has 3 N–H and O–H groups in total. The van der Waals surface area contributed by atoms with Crippen molar-refractivity contribution < 1.29 is 27.1 Å². The van der Waals surface area contributed by atoms with E-state index in [4.69, 9.17) is 10.5 Å². The van der Waals surface area contributed by atoms with Gasteiger partial charge in [0.15, 0.2) is 9.84 Å². The van der Waals surface area contributed by atoms with Crippen molar-refractivity contribution in [1.82, 2.24) is 9.47 Å². The van der Waals surface area contributed by atoms with Gasteiger partial charge in [-0.1, -0.05) is 13.8 Å². The molecular weight excluding hydrogens is 475 g/mol. The number of carbonyl (C=O) groups is 2. The maximum atomic E-state index is 15.4. The van der Waals surface area contributed by atoms with E-state index in [1.807, 2.05) is 13.8 Å². The molecule has 1 saturated heterocycles. The summed E-state index contributed by atoms with van der Waals surface area (Å²) in [6.45, 7) is 6.66. The molecule has 9 nitrogen and oxygen atoms in total. The second-order valence-electron chi connectivity index (χ2n) is 10.4. The Morgan fingerprint density at radius 2 is 1.97 bits per heavy atom. The molecule has 3 aliphatic rings. The van der Waals surface area contributed by atoms with E-state index in [0.717, 1.165) is 0 Å². The van der Waals surface area contributed by atoms with Crippen LogP contribution in [0.4, 0.5) is 10.1 Å². The van der Waals surface area contributed by atoms with Crippen molar-refractivity contribution >= 4 is 27.3 Å². The van der Waals surface area contributed by atoms with Crippen molar-refractivity contribution in [2.24, 2.45) is 11.1 Å². The fourth-order valence-electron chi connectivity index (χ4n) is 5.65. The number of hydrogen-bond acceptors (Lipinski definition) is 6. The van der Waals surface area contributed by atoms with E-state index in [9.17, 15) is 18.0 Å².